The first-order valence-electron chi connectivity index (χ1n) is 7.96. The lowest BCUT2D eigenvalue weighted by Gasteiger charge is -2.25. The van der Waals surface area contributed by atoms with Gasteiger partial charge in [-0.15, -0.1) is 0 Å². The molecule has 0 fully saturated rings. The molecular formula is C19H20BrNO4. The Labute approximate surface area is 155 Å². The van der Waals surface area contributed by atoms with Gasteiger partial charge in [-0.25, -0.2) is 5.48 Å². The SMILES string of the molecule is CONC(=O)c1c(Br)ccc2c1[C@](C)(COCc1ccccc1)CO2. The Morgan fingerprint density at radius 3 is 2.76 bits per heavy atom. The van der Waals surface area contributed by atoms with Crippen LogP contribution in [0.25, 0.3) is 0 Å². The summed E-state index contributed by atoms with van der Waals surface area (Å²) in [4.78, 5) is 17.2. The van der Waals surface area contributed by atoms with Gasteiger partial charge in [-0.2, -0.15) is 0 Å². The van der Waals surface area contributed by atoms with Gasteiger partial charge in [0.15, 0.2) is 0 Å². The molecule has 0 spiro atoms. The maximum absolute atomic E-state index is 12.4. The van der Waals surface area contributed by atoms with E-state index in [0.29, 0.717) is 35.6 Å². The van der Waals surface area contributed by atoms with Crippen LogP contribution in [0.2, 0.25) is 0 Å². The van der Waals surface area contributed by atoms with Gasteiger partial charge < -0.3 is 9.47 Å². The number of hydroxylamine groups is 1. The van der Waals surface area contributed by atoms with Crippen molar-refractivity contribution in [3.8, 4) is 5.75 Å². The minimum atomic E-state index is -0.422. The topological polar surface area (TPSA) is 56.8 Å². The van der Waals surface area contributed by atoms with E-state index in [4.69, 9.17) is 14.3 Å². The number of hydrogen-bond donors (Lipinski definition) is 1. The van der Waals surface area contributed by atoms with Crippen LogP contribution in [-0.4, -0.2) is 26.2 Å². The smallest absolute Gasteiger partial charge is 0.276 e. The van der Waals surface area contributed by atoms with E-state index >= 15 is 0 Å². The molecule has 0 saturated carbocycles. The van der Waals surface area contributed by atoms with Gasteiger partial charge in [-0.05, 0) is 40.5 Å². The molecule has 1 N–H and O–H groups in total. The third kappa shape index (κ3) is 3.71. The van der Waals surface area contributed by atoms with Crippen molar-refractivity contribution in [2.45, 2.75) is 18.9 Å². The molecule has 0 aromatic heterocycles. The monoisotopic (exact) mass is 405 g/mol. The fraction of sp³-hybridized carbons (Fsp3) is 0.316. The third-order valence-corrected chi connectivity index (χ3v) is 4.88. The molecule has 0 bridgehead atoms. The molecule has 132 valence electrons. The number of carbonyl (C=O) groups is 1. The largest absolute Gasteiger partial charge is 0.492 e. The van der Waals surface area contributed by atoms with Gasteiger partial charge in [0.25, 0.3) is 5.91 Å². The summed E-state index contributed by atoms with van der Waals surface area (Å²) in [5, 5.41) is 0. The Hall–Kier alpha value is -1.89. The Bertz CT molecular complexity index is 766. The average molecular weight is 406 g/mol. The lowest BCUT2D eigenvalue weighted by atomic mass is 9.82. The molecular weight excluding hydrogens is 386 g/mol. The van der Waals surface area contributed by atoms with E-state index in [1.807, 2.05) is 43.3 Å². The van der Waals surface area contributed by atoms with Crippen LogP contribution in [0.1, 0.15) is 28.4 Å². The number of halogens is 1. The molecule has 0 unspecified atom stereocenters. The van der Waals surface area contributed by atoms with Gasteiger partial charge >= 0.3 is 0 Å². The summed E-state index contributed by atoms with van der Waals surface area (Å²) in [6.45, 7) is 3.46. The van der Waals surface area contributed by atoms with Crippen molar-refractivity contribution in [3.05, 3.63) is 63.6 Å². The Balaban J connectivity index is 1.83. The van der Waals surface area contributed by atoms with E-state index in [1.54, 1.807) is 6.07 Å². The van der Waals surface area contributed by atoms with Crippen molar-refractivity contribution in [1.82, 2.24) is 5.48 Å². The van der Waals surface area contributed by atoms with Crippen LogP contribution in [0.3, 0.4) is 0 Å². The molecule has 2 aromatic carbocycles. The van der Waals surface area contributed by atoms with Crippen LogP contribution in [0, 0.1) is 0 Å². The third-order valence-electron chi connectivity index (χ3n) is 4.22. The van der Waals surface area contributed by atoms with Gasteiger partial charge in [0, 0.05) is 10.0 Å². The molecule has 1 heterocycles. The Morgan fingerprint density at radius 2 is 2.04 bits per heavy atom. The quantitative estimate of drug-likeness (QED) is 0.745. The summed E-state index contributed by atoms with van der Waals surface area (Å²) in [7, 11) is 1.41. The van der Waals surface area contributed by atoms with Crippen LogP contribution in [0.15, 0.2) is 46.9 Å². The lowest BCUT2D eigenvalue weighted by molar-refractivity contribution is 0.0524. The summed E-state index contributed by atoms with van der Waals surface area (Å²) in [6.07, 6.45) is 0. The molecule has 3 rings (SSSR count). The van der Waals surface area contributed by atoms with Crippen LogP contribution in [-0.2, 0) is 21.6 Å². The standard InChI is InChI=1S/C19H20BrNO4/c1-19(11-24-10-13-6-4-3-5-7-13)12-25-15-9-8-14(20)16(17(15)19)18(22)21-23-2/h3-9H,10-12H2,1-2H3,(H,21,22)/t19-/m1/s1. The van der Waals surface area contributed by atoms with Crippen molar-refractivity contribution in [3.63, 3.8) is 0 Å². The first-order valence-corrected chi connectivity index (χ1v) is 8.75. The zero-order valence-corrected chi connectivity index (χ0v) is 15.8. The molecule has 6 heteroatoms. The number of hydrogen-bond acceptors (Lipinski definition) is 4. The van der Waals surface area contributed by atoms with E-state index in [9.17, 15) is 4.79 Å². The van der Waals surface area contributed by atoms with E-state index < -0.39 is 5.41 Å². The molecule has 0 aliphatic carbocycles. The minimum absolute atomic E-state index is 0.314. The summed E-state index contributed by atoms with van der Waals surface area (Å²) in [6, 6.07) is 13.7. The van der Waals surface area contributed by atoms with Gasteiger partial charge in [0.05, 0.1) is 37.9 Å². The van der Waals surface area contributed by atoms with Crippen LogP contribution in [0.4, 0.5) is 0 Å². The highest BCUT2D eigenvalue weighted by molar-refractivity contribution is 9.10. The molecule has 5 nitrogen and oxygen atoms in total. The molecule has 2 aromatic rings. The fourth-order valence-electron chi connectivity index (χ4n) is 3.03. The lowest BCUT2D eigenvalue weighted by Crippen LogP contribution is -2.33. The molecule has 0 radical (unpaired) electrons. The van der Waals surface area contributed by atoms with E-state index in [0.717, 1.165) is 11.1 Å². The molecule has 1 aliphatic rings. The number of ether oxygens (including phenoxy) is 2. The highest BCUT2D eigenvalue weighted by atomic mass is 79.9. The van der Waals surface area contributed by atoms with Gasteiger partial charge in [0.1, 0.15) is 5.75 Å². The second kappa shape index (κ2) is 7.56. The minimum Gasteiger partial charge on any atom is -0.492 e. The molecule has 25 heavy (non-hydrogen) atoms. The first-order chi connectivity index (χ1) is 12.0. The van der Waals surface area contributed by atoms with Gasteiger partial charge in [0.2, 0.25) is 0 Å². The zero-order chi connectivity index (χ0) is 17.9. The summed E-state index contributed by atoms with van der Waals surface area (Å²) >= 11 is 3.46. The number of amides is 1. The van der Waals surface area contributed by atoms with E-state index in [-0.39, 0.29) is 5.91 Å². The fourth-order valence-corrected chi connectivity index (χ4v) is 3.55. The predicted octanol–water partition coefficient (Wildman–Crippen LogP) is 3.61. The number of carbonyl (C=O) groups excluding carboxylic acids is 1. The number of nitrogens with one attached hydrogen (secondary N) is 1. The molecule has 1 atom stereocenters. The number of fused-ring (bicyclic) bond motifs is 1. The second-order valence-electron chi connectivity index (χ2n) is 6.26. The van der Waals surface area contributed by atoms with E-state index in [2.05, 4.69) is 21.4 Å². The summed E-state index contributed by atoms with van der Waals surface area (Å²) < 4.78 is 12.5. The van der Waals surface area contributed by atoms with Crippen molar-refractivity contribution in [1.29, 1.82) is 0 Å². The molecule has 0 saturated heterocycles. The molecule has 1 aliphatic heterocycles. The van der Waals surface area contributed by atoms with Crippen molar-refractivity contribution >= 4 is 21.8 Å². The Kier molecular flexibility index (Phi) is 5.42. The van der Waals surface area contributed by atoms with E-state index in [1.165, 1.54) is 7.11 Å². The van der Waals surface area contributed by atoms with Crippen LogP contribution >= 0.6 is 15.9 Å². The van der Waals surface area contributed by atoms with Crippen LogP contribution in [0.5, 0.6) is 5.75 Å². The zero-order valence-electron chi connectivity index (χ0n) is 14.2. The molecule has 1 amide bonds. The second-order valence-corrected chi connectivity index (χ2v) is 7.11. The van der Waals surface area contributed by atoms with Crippen molar-refractivity contribution in [2.75, 3.05) is 20.3 Å². The summed E-state index contributed by atoms with van der Waals surface area (Å²) in [5.74, 6) is 0.390. The highest BCUT2D eigenvalue weighted by Crippen LogP contribution is 2.43. The number of rotatable bonds is 6. The maximum atomic E-state index is 12.4. The predicted molar refractivity (Wildman–Crippen MR) is 97.6 cm³/mol. The Morgan fingerprint density at radius 1 is 1.28 bits per heavy atom. The van der Waals surface area contributed by atoms with Crippen LogP contribution < -0.4 is 10.2 Å². The van der Waals surface area contributed by atoms with Gasteiger partial charge in [-0.3, -0.25) is 9.63 Å². The highest BCUT2D eigenvalue weighted by Gasteiger charge is 2.41. The normalized spacial score (nSPS) is 18.5. The number of benzene rings is 2. The van der Waals surface area contributed by atoms with Crippen molar-refractivity contribution in [2.24, 2.45) is 0 Å². The first kappa shape index (κ1) is 17.9. The van der Waals surface area contributed by atoms with Crippen molar-refractivity contribution < 1.29 is 19.1 Å². The average Bonchev–Trinajstić information content (AvgIpc) is 2.93. The summed E-state index contributed by atoms with van der Waals surface area (Å²) in [5.41, 5.74) is 4.43. The van der Waals surface area contributed by atoms with Gasteiger partial charge in [-0.1, -0.05) is 30.3 Å². The maximum Gasteiger partial charge on any atom is 0.276 e.